The average molecular weight is 178 g/mol. The molecule has 0 aliphatic heterocycles. The smallest absolute Gasteiger partial charge is 0.120 e. The molecule has 0 atom stereocenters. The lowest BCUT2D eigenvalue weighted by Crippen LogP contribution is -2.19. The van der Waals surface area contributed by atoms with Crippen LogP contribution >= 0.6 is 0 Å². The monoisotopic (exact) mass is 178 g/mol. The summed E-state index contributed by atoms with van der Waals surface area (Å²) in [5.74, 6) is 0. The summed E-state index contributed by atoms with van der Waals surface area (Å²) in [4.78, 5) is 10.5. The van der Waals surface area contributed by atoms with E-state index in [1.165, 1.54) is 0 Å². The summed E-state index contributed by atoms with van der Waals surface area (Å²) >= 11 is 0. The molecule has 72 valence electrons. The van der Waals surface area contributed by atoms with Crippen LogP contribution in [0.1, 0.15) is 25.7 Å². The van der Waals surface area contributed by atoms with E-state index >= 15 is 0 Å². The van der Waals surface area contributed by atoms with E-state index in [9.17, 15) is 4.79 Å². The van der Waals surface area contributed by atoms with E-state index in [1.54, 1.807) is 0 Å². The number of hydrogen-bond donors (Lipinski definition) is 0. The maximum absolute atomic E-state index is 10.5. The Morgan fingerprint density at radius 3 is 1.46 bits per heavy atom. The van der Waals surface area contributed by atoms with Gasteiger partial charge in [0.15, 0.2) is 0 Å². The standard InChI is InChI=1S/C12H18O/c1-4-7-12(8-5-2,9-6-3)10-11-13/h4-6,11H,1-3,7-10H2. The van der Waals surface area contributed by atoms with Crippen molar-refractivity contribution >= 4 is 6.29 Å². The fourth-order valence-corrected chi connectivity index (χ4v) is 1.60. The van der Waals surface area contributed by atoms with E-state index in [0.717, 1.165) is 25.5 Å². The van der Waals surface area contributed by atoms with E-state index < -0.39 is 0 Å². The summed E-state index contributed by atoms with van der Waals surface area (Å²) in [5, 5.41) is 0. The number of aldehydes is 1. The summed E-state index contributed by atoms with van der Waals surface area (Å²) in [5.41, 5.74) is -0.0208. The van der Waals surface area contributed by atoms with Gasteiger partial charge in [-0.1, -0.05) is 18.2 Å². The summed E-state index contributed by atoms with van der Waals surface area (Å²) in [7, 11) is 0. The fourth-order valence-electron chi connectivity index (χ4n) is 1.60. The van der Waals surface area contributed by atoms with Gasteiger partial charge in [-0.25, -0.2) is 0 Å². The molecule has 0 fully saturated rings. The number of hydrogen-bond acceptors (Lipinski definition) is 1. The van der Waals surface area contributed by atoms with Crippen LogP contribution in [0.4, 0.5) is 0 Å². The average Bonchev–Trinajstić information content (AvgIpc) is 2.06. The van der Waals surface area contributed by atoms with Gasteiger partial charge in [0.25, 0.3) is 0 Å². The van der Waals surface area contributed by atoms with E-state index in [-0.39, 0.29) is 5.41 Å². The van der Waals surface area contributed by atoms with Crippen LogP contribution in [0.25, 0.3) is 0 Å². The second-order valence-corrected chi connectivity index (χ2v) is 3.35. The maximum Gasteiger partial charge on any atom is 0.120 e. The van der Waals surface area contributed by atoms with Crippen LogP contribution in [0.3, 0.4) is 0 Å². The van der Waals surface area contributed by atoms with Crippen molar-refractivity contribution in [3.8, 4) is 0 Å². The molecule has 1 heteroatoms. The molecule has 0 aliphatic carbocycles. The summed E-state index contributed by atoms with van der Waals surface area (Å²) in [6.07, 6.45) is 9.61. The number of allylic oxidation sites excluding steroid dienone is 3. The van der Waals surface area contributed by atoms with E-state index in [2.05, 4.69) is 19.7 Å². The van der Waals surface area contributed by atoms with Crippen LogP contribution in [0.5, 0.6) is 0 Å². The molecular weight excluding hydrogens is 160 g/mol. The van der Waals surface area contributed by atoms with Crippen molar-refractivity contribution in [2.24, 2.45) is 5.41 Å². The first-order valence-corrected chi connectivity index (χ1v) is 4.51. The van der Waals surface area contributed by atoms with E-state index in [4.69, 9.17) is 0 Å². The van der Waals surface area contributed by atoms with Gasteiger partial charge in [-0.15, -0.1) is 19.7 Å². The minimum Gasteiger partial charge on any atom is -0.303 e. The molecule has 0 aromatic carbocycles. The molecule has 0 aromatic rings. The maximum atomic E-state index is 10.5. The SMILES string of the molecule is C=CCC(CC=C)(CC=C)CC=O. The quantitative estimate of drug-likeness (QED) is 0.412. The number of rotatable bonds is 8. The molecule has 1 nitrogen and oxygen atoms in total. The zero-order chi connectivity index (χ0) is 10.2. The summed E-state index contributed by atoms with van der Waals surface area (Å²) < 4.78 is 0. The minimum atomic E-state index is -0.0208. The third kappa shape index (κ3) is 3.88. The molecular formula is C12H18O. The van der Waals surface area contributed by atoms with Crippen LogP contribution in [0.15, 0.2) is 38.0 Å². The van der Waals surface area contributed by atoms with Gasteiger partial charge in [0.1, 0.15) is 6.29 Å². The molecule has 0 radical (unpaired) electrons. The Hall–Kier alpha value is -1.11. The van der Waals surface area contributed by atoms with Gasteiger partial charge < -0.3 is 4.79 Å². The first-order chi connectivity index (χ1) is 6.24. The van der Waals surface area contributed by atoms with Crippen molar-refractivity contribution < 1.29 is 4.79 Å². The summed E-state index contributed by atoms with van der Waals surface area (Å²) in [6, 6.07) is 0. The first-order valence-electron chi connectivity index (χ1n) is 4.51. The van der Waals surface area contributed by atoms with Gasteiger partial charge in [0, 0.05) is 6.42 Å². The molecule has 0 aromatic heterocycles. The Labute approximate surface area is 80.8 Å². The number of carbonyl (C=O) groups excluding carboxylic acids is 1. The molecule has 0 saturated carbocycles. The third-order valence-corrected chi connectivity index (χ3v) is 2.25. The molecule has 0 N–H and O–H groups in total. The van der Waals surface area contributed by atoms with Gasteiger partial charge in [-0.05, 0) is 24.7 Å². The van der Waals surface area contributed by atoms with Gasteiger partial charge in [0.05, 0.1) is 0 Å². The molecule has 13 heavy (non-hydrogen) atoms. The predicted octanol–water partition coefficient (Wildman–Crippen LogP) is 3.29. The largest absolute Gasteiger partial charge is 0.303 e. The van der Waals surface area contributed by atoms with Crippen LogP contribution in [-0.2, 0) is 4.79 Å². The molecule has 0 rings (SSSR count). The van der Waals surface area contributed by atoms with Gasteiger partial charge in [0.2, 0.25) is 0 Å². The van der Waals surface area contributed by atoms with Gasteiger partial charge >= 0.3 is 0 Å². The van der Waals surface area contributed by atoms with E-state index in [1.807, 2.05) is 18.2 Å². The molecule has 0 spiro atoms. The molecule has 0 amide bonds. The lowest BCUT2D eigenvalue weighted by molar-refractivity contribution is -0.109. The lowest BCUT2D eigenvalue weighted by Gasteiger charge is -2.28. The highest BCUT2D eigenvalue weighted by molar-refractivity contribution is 5.51. The zero-order valence-electron chi connectivity index (χ0n) is 8.17. The molecule has 0 saturated heterocycles. The second-order valence-electron chi connectivity index (χ2n) is 3.35. The van der Waals surface area contributed by atoms with Crippen LogP contribution in [0.2, 0.25) is 0 Å². The van der Waals surface area contributed by atoms with Crippen LogP contribution in [-0.4, -0.2) is 6.29 Å². The highest BCUT2D eigenvalue weighted by Crippen LogP contribution is 2.35. The third-order valence-electron chi connectivity index (χ3n) is 2.25. The Bertz CT molecular complexity index is 146. The number of carbonyl (C=O) groups is 1. The van der Waals surface area contributed by atoms with Crippen molar-refractivity contribution in [1.82, 2.24) is 0 Å². The van der Waals surface area contributed by atoms with Crippen molar-refractivity contribution in [1.29, 1.82) is 0 Å². The summed E-state index contributed by atoms with van der Waals surface area (Å²) in [6.45, 7) is 11.1. The Kier molecular flexibility index (Phi) is 5.86. The van der Waals surface area contributed by atoms with Crippen LogP contribution < -0.4 is 0 Å². The fraction of sp³-hybridized carbons (Fsp3) is 0.417. The van der Waals surface area contributed by atoms with E-state index in [0.29, 0.717) is 6.42 Å². The zero-order valence-corrected chi connectivity index (χ0v) is 8.17. The highest BCUT2D eigenvalue weighted by Gasteiger charge is 2.25. The highest BCUT2D eigenvalue weighted by atomic mass is 16.1. The lowest BCUT2D eigenvalue weighted by atomic mass is 9.76. The molecule has 0 heterocycles. The van der Waals surface area contributed by atoms with Gasteiger partial charge in [-0.2, -0.15) is 0 Å². The van der Waals surface area contributed by atoms with Gasteiger partial charge in [-0.3, -0.25) is 0 Å². The van der Waals surface area contributed by atoms with Crippen molar-refractivity contribution in [3.05, 3.63) is 38.0 Å². The Morgan fingerprint density at radius 1 is 0.846 bits per heavy atom. The Balaban J connectivity index is 4.53. The normalized spacial score (nSPS) is 10.5. The van der Waals surface area contributed by atoms with Crippen molar-refractivity contribution in [2.45, 2.75) is 25.7 Å². The predicted molar refractivity (Wildman–Crippen MR) is 57.6 cm³/mol. The first kappa shape index (κ1) is 11.9. The van der Waals surface area contributed by atoms with Crippen molar-refractivity contribution in [2.75, 3.05) is 0 Å². The second kappa shape index (κ2) is 6.41. The molecule has 0 bridgehead atoms. The minimum absolute atomic E-state index is 0.0208. The van der Waals surface area contributed by atoms with Crippen LogP contribution in [0, 0.1) is 5.41 Å². The Morgan fingerprint density at radius 2 is 1.23 bits per heavy atom. The molecule has 0 aliphatic rings. The van der Waals surface area contributed by atoms with Crippen molar-refractivity contribution in [3.63, 3.8) is 0 Å². The topological polar surface area (TPSA) is 17.1 Å². The molecule has 0 unspecified atom stereocenters.